The van der Waals surface area contributed by atoms with E-state index in [0.717, 1.165) is 42.6 Å². The summed E-state index contributed by atoms with van der Waals surface area (Å²) in [4.78, 5) is 15.7. The predicted molar refractivity (Wildman–Crippen MR) is 128 cm³/mol. The second-order valence-corrected chi connectivity index (χ2v) is 9.19. The number of hydrogen-bond donors (Lipinski definition) is 1. The largest absolute Gasteiger partial charge is 0.497 e. The molecule has 3 aromatic rings. The van der Waals surface area contributed by atoms with Crippen molar-refractivity contribution >= 4 is 29.3 Å². The molecular formula is C24H27N5O3S. The summed E-state index contributed by atoms with van der Waals surface area (Å²) >= 11 is 1.45. The fourth-order valence-electron chi connectivity index (χ4n) is 3.90. The third kappa shape index (κ3) is 4.99. The van der Waals surface area contributed by atoms with Crippen LogP contribution in [0.3, 0.4) is 0 Å². The molecule has 2 heterocycles. The normalized spacial score (nSPS) is 16.9. The van der Waals surface area contributed by atoms with Gasteiger partial charge in [-0.3, -0.25) is 9.36 Å². The molecule has 33 heavy (non-hydrogen) atoms. The number of carbonyl (C=O) groups excluding carboxylic acids is 1. The molecular weight excluding hydrogens is 438 g/mol. The van der Waals surface area contributed by atoms with Crippen molar-refractivity contribution < 1.29 is 14.3 Å². The molecule has 2 aromatic carbocycles. The number of anilines is 2. The van der Waals surface area contributed by atoms with Gasteiger partial charge in [-0.15, -0.1) is 10.2 Å². The molecule has 1 atom stereocenters. The van der Waals surface area contributed by atoms with Crippen molar-refractivity contribution in [1.29, 1.82) is 0 Å². The second kappa shape index (κ2) is 9.84. The van der Waals surface area contributed by atoms with Gasteiger partial charge in [0.15, 0.2) is 5.16 Å². The Morgan fingerprint density at radius 1 is 1.12 bits per heavy atom. The van der Waals surface area contributed by atoms with Crippen LogP contribution in [0.4, 0.5) is 11.6 Å². The van der Waals surface area contributed by atoms with Gasteiger partial charge in [-0.2, -0.15) is 0 Å². The van der Waals surface area contributed by atoms with Gasteiger partial charge in [0.25, 0.3) is 0 Å². The Morgan fingerprint density at radius 2 is 1.91 bits per heavy atom. The van der Waals surface area contributed by atoms with Crippen LogP contribution in [0.15, 0.2) is 59.8 Å². The molecule has 1 aromatic heterocycles. The van der Waals surface area contributed by atoms with E-state index in [0.29, 0.717) is 30.7 Å². The summed E-state index contributed by atoms with van der Waals surface area (Å²) in [7, 11) is 1.61. The number of nitrogens with one attached hydrogen (secondary N) is 1. The molecule has 1 saturated carbocycles. The van der Waals surface area contributed by atoms with Gasteiger partial charge in [-0.1, -0.05) is 48.2 Å². The van der Waals surface area contributed by atoms with Gasteiger partial charge < -0.3 is 19.7 Å². The molecule has 0 spiro atoms. The summed E-state index contributed by atoms with van der Waals surface area (Å²) in [5, 5.41) is 12.4. The Labute approximate surface area is 197 Å². The van der Waals surface area contributed by atoms with Crippen molar-refractivity contribution in [1.82, 2.24) is 14.8 Å². The van der Waals surface area contributed by atoms with Crippen molar-refractivity contribution in [3.8, 4) is 5.75 Å². The average molecular weight is 466 g/mol. The minimum atomic E-state index is -0.475. The highest BCUT2D eigenvalue weighted by Crippen LogP contribution is 2.44. The zero-order chi connectivity index (χ0) is 22.6. The quantitative estimate of drug-likeness (QED) is 0.505. The Hall–Kier alpha value is -3.04. The van der Waals surface area contributed by atoms with Crippen molar-refractivity contribution in [2.75, 3.05) is 43.6 Å². The van der Waals surface area contributed by atoms with Crippen LogP contribution in [0.1, 0.15) is 29.7 Å². The zero-order valence-corrected chi connectivity index (χ0v) is 19.3. The Morgan fingerprint density at radius 3 is 2.64 bits per heavy atom. The highest BCUT2D eigenvalue weighted by Gasteiger charge is 2.34. The van der Waals surface area contributed by atoms with Crippen LogP contribution >= 0.6 is 11.8 Å². The summed E-state index contributed by atoms with van der Waals surface area (Å²) in [5.41, 5.74) is 1.61. The summed E-state index contributed by atoms with van der Waals surface area (Å²) in [5.74, 6) is 1.46. The molecule has 1 N–H and O–H groups in total. The molecule has 1 amide bonds. The predicted octanol–water partition coefficient (Wildman–Crippen LogP) is 3.93. The third-order valence-electron chi connectivity index (χ3n) is 5.75. The third-order valence-corrected chi connectivity index (χ3v) is 6.96. The molecule has 1 aliphatic heterocycles. The van der Waals surface area contributed by atoms with E-state index in [1.807, 2.05) is 54.6 Å². The topological polar surface area (TPSA) is 81.5 Å². The molecule has 5 rings (SSSR count). The first-order valence-corrected chi connectivity index (χ1v) is 12.0. The van der Waals surface area contributed by atoms with Crippen LogP contribution in [0.2, 0.25) is 0 Å². The van der Waals surface area contributed by atoms with E-state index in [1.54, 1.807) is 7.11 Å². The minimum absolute atomic E-state index is 0.113. The Kier molecular flexibility index (Phi) is 6.50. The van der Waals surface area contributed by atoms with Gasteiger partial charge in [0, 0.05) is 30.9 Å². The van der Waals surface area contributed by atoms with Crippen molar-refractivity contribution in [2.45, 2.75) is 29.3 Å². The highest BCUT2D eigenvalue weighted by molar-refractivity contribution is 8.00. The maximum atomic E-state index is 13.5. The number of rotatable bonds is 8. The van der Waals surface area contributed by atoms with Gasteiger partial charge in [0.05, 0.1) is 20.3 Å². The van der Waals surface area contributed by atoms with E-state index in [2.05, 4.69) is 25.0 Å². The number of hydrogen-bond acceptors (Lipinski definition) is 7. The minimum Gasteiger partial charge on any atom is -0.497 e. The lowest BCUT2D eigenvalue weighted by atomic mass is 10.1. The van der Waals surface area contributed by atoms with E-state index >= 15 is 0 Å². The van der Waals surface area contributed by atoms with Crippen LogP contribution < -0.4 is 15.0 Å². The number of carbonyl (C=O) groups is 1. The summed E-state index contributed by atoms with van der Waals surface area (Å²) < 4.78 is 13.0. The van der Waals surface area contributed by atoms with Crippen LogP contribution in [-0.4, -0.2) is 54.1 Å². The van der Waals surface area contributed by atoms with Crippen LogP contribution in [-0.2, 0) is 9.53 Å². The maximum Gasteiger partial charge on any atom is 0.242 e. The zero-order valence-electron chi connectivity index (χ0n) is 18.5. The van der Waals surface area contributed by atoms with Crippen molar-refractivity contribution in [3.63, 3.8) is 0 Å². The molecule has 2 fully saturated rings. The fourth-order valence-corrected chi connectivity index (χ4v) is 5.00. The number of aromatic nitrogens is 3. The molecule has 2 aliphatic rings. The first-order valence-electron chi connectivity index (χ1n) is 11.2. The molecule has 1 unspecified atom stereocenters. The number of thioether (sulfide) groups is 1. The number of ether oxygens (including phenoxy) is 2. The van der Waals surface area contributed by atoms with Gasteiger partial charge >= 0.3 is 0 Å². The number of morpholine rings is 1. The number of benzene rings is 2. The molecule has 0 bridgehead atoms. The lowest BCUT2D eigenvalue weighted by molar-refractivity contribution is -0.115. The first kappa shape index (κ1) is 21.8. The van der Waals surface area contributed by atoms with Crippen LogP contribution in [0, 0.1) is 0 Å². The van der Waals surface area contributed by atoms with Crippen LogP contribution in [0.25, 0.3) is 0 Å². The molecule has 1 saturated heterocycles. The highest BCUT2D eigenvalue weighted by atomic mass is 32.2. The molecule has 172 valence electrons. The fraction of sp³-hybridized carbons (Fsp3) is 0.375. The van der Waals surface area contributed by atoms with Gasteiger partial charge in [0.1, 0.15) is 11.0 Å². The summed E-state index contributed by atoms with van der Waals surface area (Å²) in [6.45, 7) is 2.98. The van der Waals surface area contributed by atoms with Crippen molar-refractivity contribution in [2.24, 2.45) is 0 Å². The standard InChI is InChI=1S/C24H27N5O3S/c1-31-20-9-5-8-18(16-20)25-22(30)21(17-6-3-2-4-7-17)33-24-27-26-23(29(24)19-10-11-19)28-12-14-32-15-13-28/h2-9,16,19,21H,10-15H2,1H3,(H,25,30). The smallest absolute Gasteiger partial charge is 0.242 e. The summed E-state index contributed by atoms with van der Waals surface area (Å²) in [6.07, 6.45) is 2.21. The van der Waals surface area contributed by atoms with Crippen LogP contribution in [0.5, 0.6) is 5.75 Å². The lowest BCUT2D eigenvalue weighted by Gasteiger charge is -2.28. The number of nitrogens with zero attached hydrogens (tertiary/aromatic N) is 4. The van der Waals surface area contributed by atoms with Gasteiger partial charge in [-0.25, -0.2) is 0 Å². The maximum absolute atomic E-state index is 13.5. The van der Waals surface area contributed by atoms with E-state index in [4.69, 9.17) is 9.47 Å². The summed E-state index contributed by atoms with van der Waals surface area (Å²) in [6, 6.07) is 17.6. The van der Waals surface area contributed by atoms with E-state index in [9.17, 15) is 4.79 Å². The SMILES string of the molecule is COc1cccc(NC(=O)C(Sc2nnc(N3CCOCC3)n2C2CC2)c2ccccc2)c1. The second-order valence-electron chi connectivity index (χ2n) is 8.11. The Bertz CT molecular complexity index is 1100. The lowest BCUT2D eigenvalue weighted by Crippen LogP contribution is -2.38. The van der Waals surface area contributed by atoms with E-state index < -0.39 is 5.25 Å². The molecule has 9 heteroatoms. The van der Waals surface area contributed by atoms with E-state index in [1.165, 1.54) is 11.8 Å². The monoisotopic (exact) mass is 465 g/mol. The number of amides is 1. The van der Waals surface area contributed by atoms with Gasteiger partial charge in [-0.05, 0) is 30.5 Å². The molecule has 0 radical (unpaired) electrons. The number of methoxy groups -OCH3 is 1. The average Bonchev–Trinajstić information content (AvgIpc) is 3.62. The van der Waals surface area contributed by atoms with Gasteiger partial charge in [0.2, 0.25) is 11.9 Å². The Balaban J connectivity index is 1.43. The molecule has 8 nitrogen and oxygen atoms in total. The van der Waals surface area contributed by atoms with Crippen molar-refractivity contribution in [3.05, 3.63) is 60.2 Å². The van der Waals surface area contributed by atoms with E-state index in [-0.39, 0.29) is 5.91 Å². The molecule has 1 aliphatic carbocycles. The first-order chi connectivity index (χ1) is 16.2.